The molecule has 0 radical (unpaired) electrons. The summed E-state index contributed by atoms with van der Waals surface area (Å²) in [6, 6.07) is 5.87. The molecule has 0 fully saturated rings. The van der Waals surface area contributed by atoms with Crippen LogP contribution in [-0.4, -0.2) is 25.6 Å². The van der Waals surface area contributed by atoms with E-state index in [0.717, 1.165) is 16.9 Å². The van der Waals surface area contributed by atoms with Gasteiger partial charge in [-0.2, -0.15) is 0 Å². The van der Waals surface area contributed by atoms with E-state index >= 15 is 0 Å². The summed E-state index contributed by atoms with van der Waals surface area (Å²) in [7, 11) is 0. The summed E-state index contributed by atoms with van der Waals surface area (Å²) >= 11 is 0. The fourth-order valence-corrected chi connectivity index (χ4v) is 1.43. The minimum atomic E-state index is -0.149. The molecule has 0 aliphatic rings. The SMILES string of the molecule is Cc1cc(C)cc(OCC(=O)NCCN)c1. The largest absolute Gasteiger partial charge is 0.484 e. The number of nitrogens with one attached hydrogen (secondary N) is 1. The normalized spacial score (nSPS) is 9.94. The van der Waals surface area contributed by atoms with Gasteiger partial charge >= 0.3 is 0 Å². The van der Waals surface area contributed by atoms with Crippen LogP contribution in [0.4, 0.5) is 0 Å². The van der Waals surface area contributed by atoms with E-state index in [4.69, 9.17) is 10.5 Å². The zero-order valence-electron chi connectivity index (χ0n) is 9.75. The van der Waals surface area contributed by atoms with Gasteiger partial charge in [0.1, 0.15) is 5.75 Å². The van der Waals surface area contributed by atoms with Crippen molar-refractivity contribution in [3.8, 4) is 5.75 Å². The standard InChI is InChI=1S/C12H18N2O2/c1-9-5-10(2)7-11(6-9)16-8-12(15)14-4-3-13/h5-7H,3-4,8,13H2,1-2H3,(H,14,15). The first-order valence-corrected chi connectivity index (χ1v) is 5.29. The van der Waals surface area contributed by atoms with Crippen LogP contribution in [0, 0.1) is 13.8 Å². The maximum absolute atomic E-state index is 11.3. The molecule has 0 unspecified atom stereocenters. The van der Waals surface area contributed by atoms with Crippen molar-refractivity contribution >= 4 is 5.91 Å². The number of ether oxygens (including phenoxy) is 1. The van der Waals surface area contributed by atoms with Gasteiger partial charge in [0.15, 0.2) is 6.61 Å². The fourth-order valence-electron chi connectivity index (χ4n) is 1.43. The maximum Gasteiger partial charge on any atom is 0.257 e. The van der Waals surface area contributed by atoms with Crippen LogP contribution in [0.15, 0.2) is 18.2 Å². The van der Waals surface area contributed by atoms with Crippen LogP contribution in [-0.2, 0) is 4.79 Å². The van der Waals surface area contributed by atoms with E-state index in [1.165, 1.54) is 0 Å². The van der Waals surface area contributed by atoms with Gasteiger partial charge in [0.2, 0.25) is 0 Å². The number of carbonyl (C=O) groups is 1. The fraction of sp³-hybridized carbons (Fsp3) is 0.417. The Bertz CT molecular complexity index is 344. The topological polar surface area (TPSA) is 64.3 Å². The predicted octanol–water partition coefficient (Wildman–Crippen LogP) is 0.757. The van der Waals surface area contributed by atoms with Gasteiger partial charge in [-0.15, -0.1) is 0 Å². The molecule has 0 aromatic heterocycles. The minimum Gasteiger partial charge on any atom is -0.484 e. The summed E-state index contributed by atoms with van der Waals surface area (Å²) < 4.78 is 5.37. The van der Waals surface area contributed by atoms with Gasteiger partial charge in [-0.25, -0.2) is 0 Å². The molecular formula is C12H18N2O2. The van der Waals surface area contributed by atoms with E-state index in [9.17, 15) is 4.79 Å². The highest BCUT2D eigenvalue weighted by atomic mass is 16.5. The lowest BCUT2D eigenvalue weighted by Gasteiger charge is -2.08. The third-order valence-electron chi connectivity index (χ3n) is 2.03. The lowest BCUT2D eigenvalue weighted by Crippen LogP contribution is -2.32. The smallest absolute Gasteiger partial charge is 0.257 e. The number of benzene rings is 1. The number of amides is 1. The molecule has 1 aromatic rings. The van der Waals surface area contributed by atoms with Crippen molar-refractivity contribution in [2.45, 2.75) is 13.8 Å². The van der Waals surface area contributed by atoms with Crippen LogP contribution >= 0.6 is 0 Å². The molecule has 0 spiro atoms. The molecule has 0 bridgehead atoms. The quantitative estimate of drug-likeness (QED) is 0.773. The second-order valence-electron chi connectivity index (χ2n) is 3.75. The minimum absolute atomic E-state index is 0.0306. The molecule has 1 aromatic carbocycles. The molecule has 0 atom stereocenters. The second kappa shape index (κ2) is 6.12. The lowest BCUT2D eigenvalue weighted by atomic mass is 10.1. The van der Waals surface area contributed by atoms with Gasteiger partial charge in [-0.05, 0) is 37.1 Å². The molecule has 1 amide bonds. The van der Waals surface area contributed by atoms with E-state index in [2.05, 4.69) is 11.4 Å². The average molecular weight is 222 g/mol. The number of rotatable bonds is 5. The molecule has 0 aliphatic heterocycles. The molecule has 4 nitrogen and oxygen atoms in total. The number of carbonyl (C=O) groups excluding carboxylic acids is 1. The molecule has 0 aliphatic carbocycles. The Hall–Kier alpha value is -1.55. The number of aryl methyl sites for hydroxylation is 2. The van der Waals surface area contributed by atoms with Crippen molar-refractivity contribution in [1.29, 1.82) is 0 Å². The highest BCUT2D eigenvalue weighted by Crippen LogP contribution is 2.15. The molecule has 1 rings (SSSR count). The van der Waals surface area contributed by atoms with Crippen molar-refractivity contribution in [3.63, 3.8) is 0 Å². The van der Waals surface area contributed by atoms with Gasteiger partial charge in [-0.1, -0.05) is 6.07 Å². The summed E-state index contributed by atoms with van der Waals surface area (Å²) in [5.74, 6) is 0.574. The third kappa shape index (κ3) is 4.31. The molecule has 0 saturated carbocycles. The first-order chi connectivity index (χ1) is 7.61. The van der Waals surface area contributed by atoms with E-state index < -0.39 is 0 Å². The van der Waals surface area contributed by atoms with Crippen molar-refractivity contribution in [2.24, 2.45) is 5.73 Å². The molecule has 4 heteroatoms. The van der Waals surface area contributed by atoms with E-state index in [1.54, 1.807) is 0 Å². The van der Waals surface area contributed by atoms with Gasteiger partial charge in [0.25, 0.3) is 5.91 Å². The Morgan fingerprint density at radius 2 is 1.94 bits per heavy atom. The molecule has 3 N–H and O–H groups in total. The van der Waals surface area contributed by atoms with E-state index in [1.807, 2.05) is 26.0 Å². The molecule has 88 valence electrons. The zero-order valence-corrected chi connectivity index (χ0v) is 9.75. The van der Waals surface area contributed by atoms with Crippen LogP contribution < -0.4 is 15.8 Å². The Labute approximate surface area is 95.8 Å². The monoisotopic (exact) mass is 222 g/mol. The molecular weight excluding hydrogens is 204 g/mol. The van der Waals surface area contributed by atoms with Gasteiger partial charge in [-0.3, -0.25) is 4.79 Å². The summed E-state index contributed by atoms with van der Waals surface area (Å²) in [6.07, 6.45) is 0. The second-order valence-corrected chi connectivity index (χ2v) is 3.75. The predicted molar refractivity (Wildman–Crippen MR) is 63.5 cm³/mol. The Kier molecular flexibility index (Phi) is 4.79. The summed E-state index contributed by atoms with van der Waals surface area (Å²) in [4.78, 5) is 11.3. The Morgan fingerprint density at radius 1 is 1.31 bits per heavy atom. The zero-order chi connectivity index (χ0) is 12.0. The van der Waals surface area contributed by atoms with Crippen molar-refractivity contribution < 1.29 is 9.53 Å². The first-order valence-electron chi connectivity index (χ1n) is 5.29. The molecule has 0 saturated heterocycles. The summed E-state index contributed by atoms with van der Waals surface area (Å²) in [5, 5.41) is 2.64. The first kappa shape index (κ1) is 12.5. The van der Waals surface area contributed by atoms with Crippen LogP contribution in [0.25, 0.3) is 0 Å². The van der Waals surface area contributed by atoms with Crippen molar-refractivity contribution in [1.82, 2.24) is 5.32 Å². The van der Waals surface area contributed by atoms with Gasteiger partial charge in [0.05, 0.1) is 0 Å². The average Bonchev–Trinajstić information content (AvgIpc) is 2.22. The summed E-state index contributed by atoms with van der Waals surface area (Å²) in [5.41, 5.74) is 7.51. The maximum atomic E-state index is 11.3. The number of hydrogen-bond acceptors (Lipinski definition) is 3. The van der Waals surface area contributed by atoms with E-state index in [0.29, 0.717) is 13.1 Å². The highest BCUT2D eigenvalue weighted by molar-refractivity contribution is 5.77. The van der Waals surface area contributed by atoms with Crippen molar-refractivity contribution in [2.75, 3.05) is 19.7 Å². The van der Waals surface area contributed by atoms with Crippen molar-refractivity contribution in [3.05, 3.63) is 29.3 Å². The number of nitrogens with two attached hydrogens (primary N) is 1. The van der Waals surface area contributed by atoms with E-state index in [-0.39, 0.29) is 12.5 Å². The lowest BCUT2D eigenvalue weighted by molar-refractivity contribution is -0.123. The molecule has 0 heterocycles. The van der Waals surface area contributed by atoms with Crippen LogP contribution in [0.5, 0.6) is 5.75 Å². The van der Waals surface area contributed by atoms with Gasteiger partial charge < -0.3 is 15.8 Å². The van der Waals surface area contributed by atoms with Crippen LogP contribution in [0.3, 0.4) is 0 Å². The summed E-state index contributed by atoms with van der Waals surface area (Å²) in [6.45, 7) is 4.94. The van der Waals surface area contributed by atoms with Crippen LogP contribution in [0.1, 0.15) is 11.1 Å². The Balaban J connectivity index is 2.45. The Morgan fingerprint density at radius 3 is 2.50 bits per heavy atom. The molecule has 16 heavy (non-hydrogen) atoms. The van der Waals surface area contributed by atoms with Crippen LogP contribution in [0.2, 0.25) is 0 Å². The highest BCUT2D eigenvalue weighted by Gasteiger charge is 2.02. The van der Waals surface area contributed by atoms with Gasteiger partial charge in [0, 0.05) is 13.1 Å². The number of hydrogen-bond donors (Lipinski definition) is 2. The third-order valence-corrected chi connectivity index (χ3v) is 2.03.